The molecule has 1 unspecified atom stereocenters. The minimum atomic E-state index is -0.390. The number of likely N-dealkylation sites (N-methyl/N-ethyl adjacent to an activating group) is 1. The van der Waals surface area contributed by atoms with Gasteiger partial charge in [0, 0.05) is 31.4 Å². The van der Waals surface area contributed by atoms with E-state index in [1.807, 2.05) is 0 Å². The zero-order valence-corrected chi connectivity index (χ0v) is 16.3. The second-order valence-corrected chi connectivity index (χ2v) is 7.13. The van der Waals surface area contributed by atoms with Crippen molar-refractivity contribution < 1.29 is 18.8 Å². The van der Waals surface area contributed by atoms with Crippen molar-refractivity contribution in [2.75, 3.05) is 25.5 Å². The fourth-order valence-corrected chi connectivity index (χ4v) is 3.37. The zero-order chi connectivity index (χ0) is 20.8. The van der Waals surface area contributed by atoms with Crippen LogP contribution in [0.3, 0.4) is 0 Å². The molecule has 2 N–H and O–H groups in total. The summed E-state index contributed by atoms with van der Waals surface area (Å²) >= 11 is 0. The largest absolute Gasteiger partial charge is 0.359 e. The molecule has 1 atom stereocenters. The summed E-state index contributed by atoms with van der Waals surface area (Å²) in [5.74, 6) is -1.10. The van der Waals surface area contributed by atoms with Crippen LogP contribution in [0.1, 0.15) is 28.8 Å². The number of benzene rings is 2. The summed E-state index contributed by atoms with van der Waals surface area (Å²) < 4.78 is 13.1. The Kier molecular flexibility index (Phi) is 6.59. The van der Waals surface area contributed by atoms with Gasteiger partial charge >= 0.3 is 0 Å². The molecule has 3 amide bonds. The fourth-order valence-electron chi connectivity index (χ4n) is 3.37. The smallest absolute Gasteiger partial charge is 0.253 e. The number of carbonyl (C=O) groups is 3. The van der Waals surface area contributed by atoms with Crippen LogP contribution >= 0.6 is 0 Å². The molecule has 0 spiro atoms. The van der Waals surface area contributed by atoms with Crippen molar-refractivity contribution in [3.63, 3.8) is 0 Å². The van der Waals surface area contributed by atoms with Gasteiger partial charge in [0.2, 0.25) is 11.8 Å². The fraction of sp³-hybridized carbons (Fsp3) is 0.318. The highest BCUT2D eigenvalue weighted by molar-refractivity contribution is 5.96. The molecule has 3 rings (SSSR count). The van der Waals surface area contributed by atoms with Crippen LogP contribution in [0.5, 0.6) is 0 Å². The number of carbonyl (C=O) groups excluding carboxylic acids is 3. The molecular formula is C22H24FN3O3. The Morgan fingerprint density at radius 1 is 1.07 bits per heavy atom. The van der Waals surface area contributed by atoms with E-state index in [4.69, 9.17) is 0 Å². The van der Waals surface area contributed by atoms with Crippen LogP contribution in [0.15, 0.2) is 48.5 Å². The maximum absolute atomic E-state index is 13.1. The van der Waals surface area contributed by atoms with Crippen molar-refractivity contribution in [1.82, 2.24) is 10.2 Å². The second kappa shape index (κ2) is 9.32. The van der Waals surface area contributed by atoms with Crippen molar-refractivity contribution in [3.05, 3.63) is 65.5 Å². The lowest BCUT2D eigenvalue weighted by atomic mass is 9.96. The standard InChI is InChI=1S/C22H24FN3O3/c1-24-20(27)13-15-4-10-19(11-5-15)25-21(28)17-3-2-12-26(14-17)22(29)16-6-8-18(23)9-7-16/h4-11,17H,2-3,12-14H2,1H3,(H,24,27)(H,25,28). The number of piperidine rings is 1. The first-order valence-electron chi connectivity index (χ1n) is 9.61. The highest BCUT2D eigenvalue weighted by Gasteiger charge is 2.29. The zero-order valence-electron chi connectivity index (χ0n) is 16.3. The summed E-state index contributed by atoms with van der Waals surface area (Å²) in [7, 11) is 1.59. The van der Waals surface area contributed by atoms with E-state index in [1.54, 1.807) is 36.2 Å². The molecule has 1 fully saturated rings. The molecule has 1 aliphatic heterocycles. The first-order valence-corrected chi connectivity index (χ1v) is 9.61. The van der Waals surface area contributed by atoms with E-state index < -0.39 is 5.82 Å². The van der Waals surface area contributed by atoms with Crippen LogP contribution in [0.25, 0.3) is 0 Å². The number of amides is 3. The Balaban J connectivity index is 1.58. The average Bonchev–Trinajstić information content (AvgIpc) is 2.75. The number of halogens is 1. The lowest BCUT2D eigenvalue weighted by Gasteiger charge is -2.32. The number of rotatable bonds is 5. The first kappa shape index (κ1) is 20.5. The quantitative estimate of drug-likeness (QED) is 0.814. The number of likely N-dealkylation sites (tertiary alicyclic amines) is 1. The minimum Gasteiger partial charge on any atom is -0.359 e. The highest BCUT2D eigenvalue weighted by atomic mass is 19.1. The molecule has 29 heavy (non-hydrogen) atoms. The van der Waals surface area contributed by atoms with E-state index >= 15 is 0 Å². The molecular weight excluding hydrogens is 373 g/mol. The van der Waals surface area contributed by atoms with Crippen LogP contribution in [-0.2, 0) is 16.0 Å². The molecule has 7 heteroatoms. The SMILES string of the molecule is CNC(=O)Cc1ccc(NC(=O)C2CCCN(C(=O)c3ccc(F)cc3)C2)cc1. The van der Waals surface area contributed by atoms with Crippen molar-refractivity contribution >= 4 is 23.4 Å². The van der Waals surface area contributed by atoms with Crippen molar-refractivity contribution in [1.29, 1.82) is 0 Å². The Hall–Kier alpha value is -3.22. The van der Waals surface area contributed by atoms with Gasteiger partial charge in [0.15, 0.2) is 0 Å². The molecule has 6 nitrogen and oxygen atoms in total. The molecule has 152 valence electrons. The lowest BCUT2D eigenvalue weighted by Crippen LogP contribution is -2.43. The third-order valence-electron chi connectivity index (χ3n) is 5.04. The second-order valence-electron chi connectivity index (χ2n) is 7.13. The number of hydrogen-bond donors (Lipinski definition) is 2. The average molecular weight is 397 g/mol. The van der Waals surface area contributed by atoms with Crippen LogP contribution in [0.2, 0.25) is 0 Å². The summed E-state index contributed by atoms with van der Waals surface area (Å²) in [5, 5.41) is 5.46. The van der Waals surface area contributed by atoms with E-state index in [0.717, 1.165) is 12.0 Å². The number of anilines is 1. The maximum atomic E-state index is 13.1. The van der Waals surface area contributed by atoms with E-state index in [-0.39, 0.29) is 30.1 Å². The molecule has 0 aliphatic carbocycles. The lowest BCUT2D eigenvalue weighted by molar-refractivity contribution is -0.121. The summed E-state index contributed by atoms with van der Waals surface area (Å²) in [6.45, 7) is 0.908. The van der Waals surface area contributed by atoms with Crippen LogP contribution in [0, 0.1) is 11.7 Å². The maximum Gasteiger partial charge on any atom is 0.253 e. The van der Waals surface area contributed by atoms with E-state index in [9.17, 15) is 18.8 Å². The van der Waals surface area contributed by atoms with Crippen molar-refractivity contribution in [2.45, 2.75) is 19.3 Å². The van der Waals surface area contributed by atoms with E-state index in [0.29, 0.717) is 30.8 Å². The number of hydrogen-bond acceptors (Lipinski definition) is 3. The molecule has 1 aliphatic rings. The molecule has 0 bridgehead atoms. The summed E-state index contributed by atoms with van der Waals surface area (Å²) in [6.07, 6.45) is 1.72. The van der Waals surface area contributed by atoms with Gasteiger partial charge in [0.05, 0.1) is 12.3 Å². The van der Waals surface area contributed by atoms with Crippen LogP contribution in [-0.4, -0.2) is 42.8 Å². The monoisotopic (exact) mass is 397 g/mol. The highest BCUT2D eigenvalue weighted by Crippen LogP contribution is 2.21. The summed E-state index contributed by atoms with van der Waals surface area (Å²) in [6, 6.07) is 12.6. The van der Waals surface area contributed by atoms with Gasteiger partial charge in [-0.2, -0.15) is 0 Å². The Labute approximate surface area is 169 Å². The molecule has 0 radical (unpaired) electrons. The molecule has 2 aromatic rings. The van der Waals surface area contributed by atoms with E-state index in [2.05, 4.69) is 10.6 Å². The minimum absolute atomic E-state index is 0.0742. The van der Waals surface area contributed by atoms with Gasteiger partial charge in [0.1, 0.15) is 5.82 Å². The Bertz CT molecular complexity index is 881. The predicted octanol–water partition coefficient (Wildman–Crippen LogP) is 2.61. The van der Waals surface area contributed by atoms with Crippen LogP contribution < -0.4 is 10.6 Å². The van der Waals surface area contributed by atoms with Crippen LogP contribution in [0.4, 0.5) is 10.1 Å². The van der Waals surface area contributed by atoms with Gasteiger partial charge < -0.3 is 15.5 Å². The topological polar surface area (TPSA) is 78.5 Å². The molecule has 0 aromatic heterocycles. The summed E-state index contributed by atoms with van der Waals surface area (Å²) in [5.41, 5.74) is 1.92. The molecule has 0 saturated carbocycles. The Morgan fingerprint density at radius 2 is 1.76 bits per heavy atom. The number of nitrogens with zero attached hydrogens (tertiary/aromatic N) is 1. The Morgan fingerprint density at radius 3 is 2.41 bits per heavy atom. The predicted molar refractivity (Wildman–Crippen MR) is 108 cm³/mol. The van der Waals surface area contributed by atoms with Gasteiger partial charge in [-0.3, -0.25) is 14.4 Å². The molecule has 1 heterocycles. The first-order chi connectivity index (χ1) is 14.0. The van der Waals surface area contributed by atoms with E-state index in [1.165, 1.54) is 24.3 Å². The van der Waals surface area contributed by atoms with Gasteiger partial charge in [-0.1, -0.05) is 12.1 Å². The normalized spacial score (nSPS) is 16.2. The third kappa shape index (κ3) is 5.40. The van der Waals surface area contributed by atoms with Crippen molar-refractivity contribution in [3.8, 4) is 0 Å². The van der Waals surface area contributed by atoms with Gasteiger partial charge in [-0.05, 0) is 54.8 Å². The van der Waals surface area contributed by atoms with Gasteiger partial charge in [-0.15, -0.1) is 0 Å². The molecule has 1 saturated heterocycles. The van der Waals surface area contributed by atoms with Crippen molar-refractivity contribution in [2.24, 2.45) is 5.92 Å². The van der Waals surface area contributed by atoms with Gasteiger partial charge in [0.25, 0.3) is 5.91 Å². The van der Waals surface area contributed by atoms with Gasteiger partial charge in [-0.25, -0.2) is 4.39 Å². The molecule has 2 aromatic carbocycles. The third-order valence-corrected chi connectivity index (χ3v) is 5.04. The number of nitrogens with one attached hydrogen (secondary N) is 2. The summed E-state index contributed by atoms with van der Waals surface area (Å²) in [4.78, 5) is 38.4.